The third-order valence-electron chi connectivity index (χ3n) is 4.42. The summed E-state index contributed by atoms with van der Waals surface area (Å²) >= 11 is 1.55. The van der Waals surface area contributed by atoms with Crippen LogP contribution in [0.1, 0.15) is 25.6 Å². The fourth-order valence-corrected chi connectivity index (χ4v) is 3.49. The molecule has 0 unspecified atom stereocenters. The lowest BCUT2D eigenvalue weighted by Gasteiger charge is -2.31. The third kappa shape index (κ3) is 4.75. The van der Waals surface area contributed by atoms with Crippen molar-refractivity contribution in [3.05, 3.63) is 51.7 Å². The van der Waals surface area contributed by atoms with Crippen molar-refractivity contribution in [3.8, 4) is 0 Å². The molecule has 0 bridgehead atoms. The molecule has 0 saturated carbocycles. The van der Waals surface area contributed by atoms with Gasteiger partial charge in [-0.25, -0.2) is 0 Å². The topological polar surface area (TPSA) is 52.7 Å². The van der Waals surface area contributed by atoms with Crippen molar-refractivity contribution >= 4 is 28.7 Å². The van der Waals surface area contributed by atoms with Gasteiger partial charge in [0, 0.05) is 47.7 Å². The highest BCUT2D eigenvalue weighted by Crippen LogP contribution is 2.16. The van der Waals surface area contributed by atoms with Crippen LogP contribution >= 0.6 is 11.3 Å². The number of hydrogen-bond acceptors (Lipinski definition) is 5. The normalized spacial score (nSPS) is 15.9. The van der Waals surface area contributed by atoms with E-state index in [2.05, 4.69) is 22.2 Å². The standard InChI is InChI=1S/C19H23N3O2S/c1-14-11-16(13-25-14)19(24)20-17-5-3-15(4-6-17)18(23)12-22-9-7-21(2)8-10-22/h3-6,11,13H,7-10,12H2,1-2H3,(H,20,24). The van der Waals surface area contributed by atoms with Gasteiger partial charge in [-0.2, -0.15) is 0 Å². The van der Waals surface area contributed by atoms with E-state index in [9.17, 15) is 9.59 Å². The maximum absolute atomic E-state index is 12.4. The summed E-state index contributed by atoms with van der Waals surface area (Å²) in [6.07, 6.45) is 0. The minimum absolute atomic E-state index is 0.121. The van der Waals surface area contributed by atoms with Gasteiger partial charge in [0.2, 0.25) is 0 Å². The number of Topliss-reactive ketones (excluding diaryl/α,β-unsaturated/α-hetero) is 1. The monoisotopic (exact) mass is 357 g/mol. The Kier molecular flexibility index (Phi) is 5.63. The van der Waals surface area contributed by atoms with E-state index in [1.807, 2.05) is 18.4 Å². The summed E-state index contributed by atoms with van der Waals surface area (Å²) in [6, 6.07) is 9.01. The summed E-state index contributed by atoms with van der Waals surface area (Å²) in [5, 5.41) is 4.71. The van der Waals surface area contributed by atoms with Crippen molar-refractivity contribution in [1.82, 2.24) is 9.80 Å². The highest BCUT2D eigenvalue weighted by Gasteiger charge is 2.17. The van der Waals surface area contributed by atoms with Crippen molar-refractivity contribution in [1.29, 1.82) is 0 Å². The minimum Gasteiger partial charge on any atom is -0.322 e. The average molecular weight is 357 g/mol. The Hall–Kier alpha value is -2.02. The summed E-state index contributed by atoms with van der Waals surface area (Å²) in [6.45, 7) is 6.28. The zero-order valence-corrected chi connectivity index (χ0v) is 15.4. The summed E-state index contributed by atoms with van der Waals surface area (Å²) in [5.74, 6) is -0.00301. The van der Waals surface area contributed by atoms with Crippen molar-refractivity contribution in [2.45, 2.75) is 6.92 Å². The number of anilines is 1. The second-order valence-corrected chi connectivity index (χ2v) is 7.60. The average Bonchev–Trinajstić information content (AvgIpc) is 3.04. The molecule has 5 nitrogen and oxygen atoms in total. The molecular formula is C19H23N3O2S. The molecule has 1 amide bonds. The van der Waals surface area contributed by atoms with Gasteiger partial charge < -0.3 is 10.2 Å². The highest BCUT2D eigenvalue weighted by molar-refractivity contribution is 7.10. The van der Waals surface area contributed by atoms with Gasteiger partial charge in [-0.1, -0.05) is 0 Å². The van der Waals surface area contributed by atoms with Gasteiger partial charge >= 0.3 is 0 Å². The van der Waals surface area contributed by atoms with Gasteiger partial charge in [-0.3, -0.25) is 14.5 Å². The van der Waals surface area contributed by atoms with E-state index in [4.69, 9.17) is 0 Å². The van der Waals surface area contributed by atoms with Crippen LogP contribution in [0.4, 0.5) is 5.69 Å². The molecule has 1 saturated heterocycles. The van der Waals surface area contributed by atoms with Crippen LogP contribution in [0.3, 0.4) is 0 Å². The molecule has 3 rings (SSSR count). The summed E-state index contributed by atoms with van der Waals surface area (Å²) in [5.41, 5.74) is 2.05. The molecule has 0 radical (unpaired) electrons. The van der Waals surface area contributed by atoms with Crippen molar-refractivity contribution in [2.24, 2.45) is 0 Å². The van der Waals surface area contributed by atoms with Crippen LogP contribution in [0, 0.1) is 6.92 Å². The number of ketones is 1. The van der Waals surface area contributed by atoms with Crippen LogP contribution in [0.5, 0.6) is 0 Å². The van der Waals surface area contributed by atoms with Crippen molar-refractivity contribution in [3.63, 3.8) is 0 Å². The summed E-state index contributed by atoms with van der Waals surface area (Å²) in [7, 11) is 2.10. The van der Waals surface area contributed by atoms with Crippen LogP contribution in [0.25, 0.3) is 0 Å². The molecule has 1 fully saturated rings. The highest BCUT2D eigenvalue weighted by atomic mass is 32.1. The Labute approximate surface area is 152 Å². The molecule has 1 N–H and O–H groups in total. The Morgan fingerprint density at radius 2 is 1.76 bits per heavy atom. The van der Waals surface area contributed by atoms with Crippen LogP contribution in [0.15, 0.2) is 35.7 Å². The van der Waals surface area contributed by atoms with Crippen molar-refractivity contribution < 1.29 is 9.59 Å². The fraction of sp³-hybridized carbons (Fsp3) is 0.368. The number of carbonyl (C=O) groups excluding carboxylic acids is 2. The smallest absolute Gasteiger partial charge is 0.256 e. The molecule has 132 valence electrons. The van der Waals surface area contributed by atoms with E-state index in [1.165, 1.54) is 0 Å². The molecule has 2 aromatic rings. The predicted molar refractivity (Wildman–Crippen MR) is 102 cm³/mol. The number of piperazine rings is 1. The lowest BCUT2D eigenvalue weighted by atomic mass is 10.1. The number of nitrogens with one attached hydrogen (secondary N) is 1. The molecule has 1 aromatic heterocycles. The number of thiophene rings is 1. The molecule has 0 aliphatic carbocycles. The largest absolute Gasteiger partial charge is 0.322 e. The minimum atomic E-state index is -0.124. The molecule has 6 heteroatoms. The quantitative estimate of drug-likeness (QED) is 0.836. The number of benzene rings is 1. The zero-order chi connectivity index (χ0) is 17.8. The van der Waals surface area contributed by atoms with Gasteiger partial charge in [-0.15, -0.1) is 11.3 Å². The first-order valence-electron chi connectivity index (χ1n) is 8.42. The van der Waals surface area contributed by atoms with Crippen LogP contribution in [0.2, 0.25) is 0 Å². The maximum Gasteiger partial charge on any atom is 0.256 e. The number of hydrogen-bond donors (Lipinski definition) is 1. The number of amides is 1. The Morgan fingerprint density at radius 3 is 2.36 bits per heavy atom. The number of aryl methyl sites for hydroxylation is 1. The third-order valence-corrected chi connectivity index (χ3v) is 5.28. The van der Waals surface area contributed by atoms with E-state index in [0.717, 1.165) is 31.1 Å². The molecular weight excluding hydrogens is 334 g/mol. The van der Waals surface area contributed by atoms with Crippen LogP contribution in [-0.4, -0.2) is 61.3 Å². The molecule has 1 aliphatic heterocycles. The zero-order valence-electron chi connectivity index (χ0n) is 14.6. The van der Waals surface area contributed by atoms with E-state index in [1.54, 1.807) is 35.6 Å². The molecule has 0 spiro atoms. The lowest BCUT2D eigenvalue weighted by Crippen LogP contribution is -2.46. The van der Waals surface area contributed by atoms with E-state index in [0.29, 0.717) is 23.4 Å². The van der Waals surface area contributed by atoms with Crippen LogP contribution in [-0.2, 0) is 0 Å². The molecule has 1 aromatic carbocycles. The first-order valence-corrected chi connectivity index (χ1v) is 9.30. The van der Waals surface area contributed by atoms with Crippen LogP contribution < -0.4 is 5.32 Å². The summed E-state index contributed by atoms with van der Waals surface area (Å²) in [4.78, 5) is 30.1. The lowest BCUT2D eigenvalue weighted by molar-refractivity contribution is 0.0876. The first kappa shape index (κ1) is 17.8. The Bertz CT molecular complexity index is 746. The van der Waals surface area contributed by atoms with E-state index in [-0.39, 0.29) is 11.7 Å². The molecule has 25 heavy (non-hydrogen) atoms. The van der Waals surface area contributed by atoms with Gasteiger partial charge in [0.05, 0.1) is 12.1 Å². The van der Waals surface area contributed by atoms with Gasteiger partial charge in [0.25, 0.3) is 5.91 Å². The maximum atomic E-state index is 12.4. The number of likely N-dealkylation sites (N-methyl/N-ethyl adjacent to an activating group) is 1. The second-order valence-electron chi connectivity index (χ2n) is 6.48. The predicted octanol–water partition coefficient (Wildman–Crippen LogP) is 2.74. The number of nitrogens with zero attached hydrogens (tertiary/aromatic N) is 2. The fourth-order valence-electron chi connectivity index (χ4n) is 2.81. The van der Waals surface area contributed by atoms with Gasteiger partial charge in [0.15, 0.2) is 5.78 Å². The van der Waals surface area contributed by atoms with Crippen molar-refractivity contribution in [2.75, 3.05) is 45.1 Å². The molecule has 2 heterocycles. The Morgan fingerprint density at radius 1 is 1.08 bits per heavy atom. The SMILES string of the molecule is Cc1cc(C(=O)Nc2ccc(C(=O)CN3CCN(C)CC3)cc2)cs1. The Balaban J connectivity index is 1.56. The van der Waals surface area contributed by atoms with Gasteiger partial charge in [-0.05, 0) is 44.3 Å². The number of rotatable bonds is 5. The van der Waals surface area contributed by atoms with Gasteiger partial charge in [0.1, 0.15) is 0 Å². The summed E-state index contributed by atoms with van der Waals surface area (Å²) < 4.78 is 0. The molecule has 1 aliphatic rings. The van der Waals surface area contributed by atoms with E-state index < -0.39 is 0 Å². The van der Waals surface area contributed by atoms with E-state index >= 15 is 0 Å². The molecule has 0 atom stereocenters. The first-order chi connectivity index (χ1) is 12.0. The second kappa shape index (κ2) is 7.91. The number of carbonyl (C=O) groups is 2.